The molecule has 2 heterocycles. The second-order valence-electron chi connectivity index (χ2n) is 8.81. The Morgan fingerprint density at radius 3 is 2.58 bits per heavy atom. The van der Waals surface area contributed by atoms with Crippen molar-refractivity contribution in [2.45, 2.75) is 33.1 Å². The smallest absolute Gasteiger partial charge is 0.255 e. The van der Waals surface area contributed by atoms with Crippen LogP contribution >= 0.6 is 0 Å². The summed E-state index contributed by atoms with van der Waals surface area (Å²) in [5.74, 6) is -0.0279. The zero-order chi connectivity index (χ0) is 22.0. The molecule has 2 aromatic rings. The van der Waals surface area contributed by atoms with Crippen molar-refractivity contribution in [2.24, 2.45) is 11.8 Å². The summed E-state index contributed by atoms with van der Waals surface area (Å²) in [7, 11) is 0. The molecule has 2 saturated heterocycles. The van der Waals surface area contributed by atoms with Crippen LogP contribution in [0.3, 0.4) is 0 Å². The molecule has 162 valence electrons. The van der Waals surface area contributed by atoms with E-state index in [1.165, 1.54) is 0 Å². The number of piperidine rings is 1. The normalized spacial score (nSPS) is 21.3. The minimum atomic E-state index is -0.317. The molecule has 0 unspecified atom stereocenters. The van der Waals surface area contributed by atoms with Crippen molar-refractivity contribution in [2.75, 3.05) is 29.9 Å². The number of aryl methyl sites for hydroxylation is 1. The summed E-state index contributed by atoms with van der Waals surface area (Å²) in [6.07, 6.45) is 2.40. The van der Waals surface area contributed by atoms with Crippen LogP contribution < -0.4 is 10.2 Å². The van der Waals surface area contributed by atoms with Crippen molar-refractivity contribution in [1.29, 1.82) is 0 Å². The Hall–Kier alpha value is -3.15. The van der Waals surface area contributed by atoms with Gasteiger partial charge in [-0.25, -0.2) is 0 Å². The van der Waals surface area contributed by atoms with Crippen LogP contribution in [0.2, 0.25) is 0 Å². The van der Waals surface area contributed by atoms with Crippen LogP contribution in [-0.4, -0.2) is 42.3 Å². The van der Waals surface area contributed by atoms with Crippen molar-refractivity contribution >= 4 is 29.1 Å². The highest BCUT2D eigenvalue weighted by atomic mass is 16.2. The third-order valence-electron chi connectivity index (χ3n) is 6.17. The highest BCUT2D eigenvalue weighted by molar-refractivity contribution is 6.06. The minimum Gasteiger partial charge on any atom is -0.342 e. The molecule has 2 aliphatic rings. The Balaban J connectivity index is 1.44. The molecule has 1 N–H and O–H groups in total. The van der Waals surface area contributed by atoms with Crippen LogP contribution in [-0.2, 0) is 9.59 Å². The monoisotopic (exact) mass is 419 g/mol. The summed E-state index contributed by atoms with van der Waals surface area (Å²) in [6.45, 7) is 6.08. The first-order chi connectivity index (χ1) is 14.9. The number of carbonyl (C=O) groups is 3. The molecule has 0 saturated carbocycles. The molecule has 6 nitrogen and oxygen atoms in total. The maximum atomic E-state index is 13.0. The quantitative estimate of drug-likeness (QED) is 0.818. The molecule has 0 aromatic heterocycles. The van der Waals surface area contributed by atoms with Gasteiger partial charge in [0, 0.05) is 43.0 Å². The SMILES string of the molecule is Cc1ccc(NC(=O)c2cccc(N3C[C@H](C(=O)N4CCC[C@@H](C)C4)CC3=O)c2)cc1. The second-order valence-corrected chi connectivity index (χ2v) is 8.81. The van der Waals surface area contributed by atoms with Crippen LogP contribution in [0.1, 0.15) is 42.1 Å². The number of benzene rings is 2. The lowest BCUT2D eigenvalue weighted by atomic mass is 9.98. The van der Waals surface area contributed by atoms with E-state index in [0.29, 0.717) is 23.7 Å². The number of anilines is 2. The van der Waals surface area contributed by atoms with E-state index in [0.717, 1.165) is 37.2 Å². The van der Waals surface area contributed by atoms with Crippen molar-refractivity contribution in [3.63, 3.8) is 0 Å². The average Bonchev–Trinajstić information content (AvgIpc) is 3.16. The summed E-state index contributed by atoms with van der Waals surface area (Å²) < 4.78 is 0. The summed E-state index contributed by atoms with van der Waals surface area (Å²) in [4.78, 5) is 41.9. The Bertz CT molecular complexity index is 986. The third-order valence-corrected chi connectivity index (χ3v) is 6.17. The van der Waals surface area contributed by atoms with E-state index in [-0.39, 0.29) is 30.1 Å². The number of hydrogen-bond acceptors (Lipinski definition) is 3. The molecule has 2 atom stereocenters. The van der Waals surface area contributed by atoms with Crippen molar-refractivity contribution < 1.29 is 14.4 Å². The lowest BCUT2D eigenvalue weighted by Crippen LogP contribution is -2.43. The topological polar surface area (TPSA) is 69.7 Å². The number of likely N-dealkylation sites (tertiary alicyclic amines) is 1. The Labute approximate surface area is 183 Å². The summed E-state index contributed by atoms with van der Waals surface area (Å²) in [5.41, 5.74) is 2.98. The minimum absolute atomic E-state index is 0.0699. The molecule has 2 aromatic carbocycles. The van der Waals surface area contributed by atoms with Gasteiger partial charge in [-0.1, -0.05) is 30.7 Å². The van der Waals surface area contributed by atoms with Gasteiger partial charge in [-0.05, 0) is 56.0 Å². The van der Waals surface area contributed by atoms with E-state index in [1.54, 1.807) is 23.1 Å². The number of nitrogens with zero attached hydrogens (tertiary/aromatic N) is 2. The van der Waals surface area contributed by atoms with Crippen molar-refractivity contribution in [3.05, 3.63) is 59.7 Å². The van der Waals surface area contributed by atoms with Gasteiger partial charge in [0.2, 0.25) is 11.8 Å². The fourth-order valence-corrected chi connectivity index (χ4v) is 4.43. The molecule has 6 heteroatoms. The first-order valence-electron chi connectivity index (χ1n) is 11.0. The molecule has 0 aliphatic carbocycles. The molecule has 3 amide bonds. The van der Waals surface area contributed by atoms with Gasteiger partial charge in [0.25, 0.3) is 5.91 Å². The maximum Gasteiger partial charge on any atom is 0.255 e. The average molecular weight is 420 g/mol. The third kappa shape index (κ3) is 4.79. The summed E-state index contributed by atoms with van der Waals surface area (Å²) >= 11 is 0. The van der Waals surface area contributed by atoms with Gasteiger partial charge in [-0.3, -0.25) is 14.4 Å². The summed E-state index contributed by atoms with van der Waals surface area (Å²) in [6, 6.07) is 14.6. The Kier molecular flexibility index (Phi) is 6.07. The lowest BCUT2D eigenvalue weighted by Gasteiger charge is -2.32. The molecular weight excluding hydrogens is 390 g/mol. The molecule has 0 radical (unpaired) electrons. The van der Waals surface area contributed by atoms with Gasteiger partial charge < -0.3 is 15.1 Å². The van der Waals surface area contributed by atoms with Gasteiger partial charge in [0.15, 0.2) is 0 Å². The van der Waals surface area contributed by atoms with Crippen molar-refractivity contribution in [1.82, 2.24) is 4.90 Å². The highest BCUT2D eigenvalue weighted by Gasteiger charge is 2.38. The van der Waals surface area contributed by atoms with Crippen LogP contribution in [0.15, 0.2) is 48.5 Å². The largest absolute Gasteiger partial charge is 0.342 e. The van der Waals surface area contributed by atoms with Crippen LogP contribution in [0.25, 0.3) is 0 Å². The molecule has 2 aliphatic heterocycles. The number of nitrogens with one attached hydrogen (secondary N) is 1. The predicted octanol–water partition coefficient (Wildman–Crippen LogP) is 3.86. The van der Waals surface area contributed by atoms with Crippen LogP contribution in [0, 0.1) is 18.8 Å². The Morgan fingerprint density at radius 2 is 1.84 bits per heavy atom. The zero-order valence-electron chi connectivity index (χ0n) is 18.1. The van der Waals surface area contributed by atoms with E-state index < -0.39 is 0 Å². The van der Waals surface area contributed by atoms with Gasteiger partial charge in [0.1, 0.15) is 0 Å². The Morgan fingerprint density at radius 1 is 1.06 bits per heavy atom. The first kappa shape index (κ1) is 21.1. The molecule has 31 heavy (non-hydrogen) atoms. The molecule has 4 rings (SSSR count). The lowest BCUT2D eigenvalue weighted by molar-refractivity contribution is -0.137. The second kappa shape index (κ2) is 8.92. The van der Waals surface area contributed by atoms with E-state index in [9.17, 15) is 14.4 Å². The van der Waals surface area contributed by atoms with E-state index in [2.05, 4.69) is 12.2 Å². The van der Waals surface area contributed by atoms with Gasteiger partial charge in [-0.2, -0.15) is 0 Å². The predicted molar refractivity (Wildman–Crippen MR) is 121 cm³/mol. The molecule has 0 spiro atoms. The first-order valence-corrected chi connectivity index (χ1v) is 11.0. The molecular formula is C25H29N3O3. The van der Waals surface area contributed by atoms with Gasteiger partial charge in [-0.15, -0.1) is 0 Å². The maximum absolute atomic E-state index is 13.0. The van der Waals surface area contributed by atoms with Gasteiger partial charge >= 0.3 is 0 Å². The highest BCUT2D eigenvalue weighted by Crippen LogP contribution is 2.28. The van der Waals surface area contributed by atoms with Crippen LogP contribution in [0.4, 0.5) is 11.4 Å². The molecule has 0 bridgehead atoms. The zero-order valence-corrected chi connectivity index (χ0v) is 18.1. The van der Waals surface area contributed by atoms with Crippen LogP contribution in [0.5, 0.6) is 0 Å². The van der Waals surface area contributed by atoms with Gasteiger partial charge in [0.05, 0.1) is 5.92 Å². The van der Waals surface area contributed by atoms with Crippen molar-refractivity contribution in [3.8, 4) is 0 Å². The fraction of sp³-hybridized carbons (Fsp3) is 0.400. The fourth-order valence-electron chi connectivity index (χ4n) is 4.43. The number of hydrogen-bond donors (Lipinski definition) is 1. The standard InChI is InChI=1S/C25H29N3O3/c1-17-8-10-21(11-9-17)26-24(30)19-6-3-7-22(13-19)28-16-20(14-23(28)29)25(31)27-12-4-5-18(2)15-27/h3,6-11,13,18,20H,4-5,12,14-16H2,1-2H3,(H,26,30)/t18-,20-/m1/s1. The summed E-state index contributed by atoms with van der Waals surface area (Å²) in [5, 5.41) is 2.89. The van der Waals surface area contributed by atoms with E-state index >= 15 is 0 Å². The molecule has 2 fully saturated rings. The number of rotatable bonds is 4. The van der Waals surface area contributed by atoms with E-state index in [1.807, 2.05) is 42.2 Å². The number of carbonyl (C=O) groups excluding carboxylic acids is 3. The van der Waals surface area contributed by atoms with E-state index in [4.69, 9.17) is 0 Å². The number of amides is 3.